The lowest BCUT2D eigenvalue weighted by atomic mass is 10.2. The molecule has 100 valence electrons. The molecule has 0 fully saturated rings. The third-order valence-electron chi connectivity index (χ3n) is 2.64. The maximum absolute atomic E-state index is 13.4. The van der Waals surface area contributed by atoms with E-state index >= 15 is 0 Å². The fourth-order valence-electron chi connectivity index (χ4n) is 1.72. The molecule has 2 aromatic carbocycles. The molecule has 0 bridgehead atoms. The van der Waals surface area contributed by atoms with E-state index in [1.165, 1.54) is 6.07 Å². The van der Waals surface area contributed by atoms with Gasteiger partial charge in [0.25, 0.3) is 0 Å². The number of ether oxygens (including phenoxy) is 1. The van der Waals surface area contributed by atoms with Crippen molar-refractivity contribution in [3.8, 4) is 5.75 Å². The number of halogens is 1. The average Bonchev–Trinajstić information content (AvgIpc) is 2.45. The number of hydrogen-bond acceptors (Lipinski definition) is 3. The summed E-state index contributed by atoms with van der Waals surface area (Å²) in [5, 5.41) is 3.06. The van der Waals surface area contributed by atoms with Crippen molar-refractivity contribution < 1.29 is 9.13 Å². The largest absolute Gasteiger partial charge is 0.492 e. The molecule has 0 saturated carbocycles. The van der Waals surface area contributed by atoms with Gasteiger partial charge in [0.2, 0.25) is 0 Å². The predicted octanol–water partition coefficient (Wildman–Crippen LogP) is 2.78. The van der Waals surface area contributed by atoms with Crippen molar-refractivity contribution in [2.24, 2.45) is 5.73 Å². The van der Waals surface area contributed by atoms with Gasteiger partial charge >= 0.3 is 0 Å². The summed E-state index contributed by atoms with van der Waals surface area (Å²) >= 11 is 0. The maximum atomic E-state index is 13.4. The first kappa shape index (κ1) is 13.4. The van der Waals surface area contributed by atoms with Gasteiger partial charge in [0, 0.05) is 13.1 Å². The lowest BCUT2D eigenvalue weighted by molar-refractivity contribution is 0.328. The summed E-state index contributed by atoms with van der Waals surface area (Å²) < 4.78 is 18.9. The maximum Gasteiger partial charge on any atom is 0.146 e. The van der Waals surface area contributed by atoms with Crippen LogP contribution in [-0.4, -0.2) is 13.2 Å². The van der Waals surface area contributed by atoms with Crippen molar-refractivity contribution in [3.05, 3.63) is 59.9 Å². The van der Waals surface area contributed by atoms with Gasteiger partial charge in [0.15, 0.2) is 0 Å². The number of nitrogens with two attached hydrogens (primary N) is 1. The summed E-state index contributed by atoms with van der Waals surface area (Å²) in [4.78, 5) is 0. The van der Waals surface area contributed by atoms with Gasteiger partial charge in [0.05, 0.1) is 5.69 Å². The number of benzene rings is 2. The summed E-state index contributed by atoms with van der Waals surface area (Å²) in [6.07, 6.45) is 0. The number of nitrogens with one attached hydrogen (secondary N) is 1. The second-order valence-corrected chi connectivity index (χ2v) is 4.12. The highest BCUT2D eigenvalue weighted by Gasteiger charge is 2.01. The van der Waals surface area contributed by atoms with E-state index in [9.17, 15) is 4.39 Å². The molecule has 2 rings (SSSR count). The molecule has 0 heterocycles. The molecule has 0 unspecified atom stereocenters. The summed E-state index contributed by atoms with van der Waals surface area (Å²) in [7, 11) is 0. The fourth-order valence-corrected chi connectivity index (χ4v) is 1.72. The molecule has 0 aromatic heterocycles. The Hall–Kier alpha value is -2.07. The molecule has 0 aliphatic heterocycles. The first-order valence-electron chi connectivity index (χ1n) is 6.20. The van der Waals surface area contributed by atoms with Gasteiger partial charge in [-0.3, -0.25) is 0 Å². The van der Waals surface area contributed by atoms with Crippen LogP contribution in [0, 0.1) is 5.82 Å². The molecule has 0 aliphatic carbocycles. The van der Waals surface area contributed by atoms with Gasteiger partial charge in [-0.1, -0.05) is 24.3 Å². The van der Waals surface area contributed by atoms with Gasteiger partial charge in [-0.2, -0.15) is 0 Å². The molecular weight excluding hydrogens is 243 g/mol. The lowest BCUT2D eigenvalue weighted by Gasteiger charge is -2.09. The van der Waals surface area contributed by atoms with Crippen LogP contribution >= 0.6 is 0 Å². The summed E-state index contributed by atoms with van der Waals surface area (Å²) in [6.45, 7) is 1.52. The third-order valence-corrected chi connectivity index (χ3v) is 2.64. The van der Waals surface area contributed by atoms with Crippen LogP contribution < -0.4 is 15.8 Å². The highest BCUT2D eigenvalue weighted by molar-refractivity contribution is 5.45. The Morgan fingerprint density at radius 2 is 1.95 bits per heavy atom. The fraction of sp³-hybridized carbons (Fsp3) is 0.200. The number of anilines is 1. The van der Waals surface area contributed by atoms with E-state index in [1.54, 1.807) is 18.2 Å². The monoisotopic (exact) mass is 260 g/mol. The first-order chi connectivity index (χ1) is 9.29. The second-order valence-electron chi connectivity index (χ2n) is 4.12. The van der Waals surface area contributed by atoms with E-state index in [2.05, 4.69) is 5.32 Å². The molecule has 0 aliphatic rings. The number of rotatable bonds is 6. The smallest absolute Gasteiger partial charge is 0.146 e. The minimum Gasteiger partial charge on any atom is -0.492 e. The van der Waals surface area contributed by atoms with Crippen molar-refractivity contribution in [1.82, 2.24) is 0 Å². The molecule has 19 heavy (non-hydrogen) atoms. The van der Waals surface area contributed by atoms with Crippen LogP contribution in [0.15, 0.2) is 48.5 Å². The van der Waals surface area contributed by atoms with Crippen LogP contribution in [0.2, 0.25) is 0 Å². The minimum atomic E-state index is -0.252. The second kappa shape index (κ2) is 6.75. The Morgan fingerprint density at radius 1 is 1.11 bits per heavy atom. The van der Waals surface area contributed by atoms with E-state index < -0.39 is 0 Å². The van der Waals surface area contributed by atoms with Crippen LogP contribution in [0.1, 0.15) is 5.56 Å². The van der Waals surface area contributed by atoms with Gasteiger partial charge < -0.3 is 15.8 Å². The van der Waals surface area contributed by atoms with Crippen molar-refractivity contribution in [2.45, 2.75) is 6.54 Å². The predicted molar refractivity (Wildman–Crippen MR) is 74.7 cm³/mol. The normalized spacial score (nSPS) is 10.2. The third kappa shape index (κ3) is 3.96. The first-order valence-corrected chi connectivity index (χ1v) is 6.20. The lowest BCUT2D eigenvalue weighted by Crippen LogP contribution is -2.10. The van der Waals surface area contributed by atoms with Crippen LogP contribution in [0.3, 0.4) is 0 Å². The average molecular weight is 260 g/mol. The molecule has 0 amide bonds. The van der Waals surface area contributed by atoms with E-state index in [0.717, 1.165) is 11.3 Å². The summed E-state index contributed by atoms with van der Waals surface area (Å²) in [5.41, 5.74) is 6.91. The molecule has 4 heteroatoms. The van der Waals surface area contributed by atoms with Crippen molar-refractivity contribution in [1.29, 1.82) is 0 Å². The Morgan fingerprint density at radius 3 is 2.74 bits per heavy atom. The molecule has 0 saturated heterocycles. The van der Waals surface area contributed by atoms with Gasteiger partial charge in [-0.05, 0) is 29.8 Å². The van der Waals surface area contributed by atoms with Crippen LogP contribution in [-0.2, 0) is 6.54 Å². The zero-order valence-corrected chi connectivity index (χ0v) is 10.6. The molecule has 3 N–H and O–H groups in total. The van der Waals surface area contributed by atoms with Crippen molar-refractivity contribution >= 4 is 5.69 Å². The molecule has 0 radical (unpaired) electrons. The standard InChI is InChI=1S/C15H17FN2O/c16-14-6-1-2-7-15(14)18-11-12-4-3-5-13(10-12)19-9-8-17/h1-7,10,18H,8-9,11,17H2. The highest BCUT2D eigenvalue weighted by Crippen LogP contribution is 2.17. The zero-order valence-electron chi connectivity index (χ0n) is 10.6. The Labute approximate surface area is 112 Å². The summed E-state index contributed by atoms with van der Waals surface area (Å²) in [5.74, 6) is 0.524. The number of hydrogen-bond donors (Lipinski definition) is 2. The van der Waals surface area contributed by atoms with Crippen LogP contribution in [0.25, 0.3) is 0 Å². The highest BCUT2D eigenvalue weighted by atomic mass is 19.1. The number of para-hydroxylation sites is 1. The van der Waals surface area contributed by atoms with Gasteiger partial charge in [-0.25, -0.2) is 4.39 Å². The SMILES string of the molecule is NCCOc1cccc(CNc2ccccc2F)c1. The van der Waals surface area contributed by atoms with E-state index in [0.29, 0.717) is 25.4 Å². The Balaban J connectivity index is 1.98. The topological polar surface area (TPSA) is 47.3 Å². The van der Waals surface area contributed by atoms with Gasteiger partial charge in [-0.15, -0.1) is 0 Å². The Kier molecular flexibility index (Phi) is 4.75. The van der Waals surface area contributed by atoms with Gasteiger partial charge in [0.1, 0.15) is 18.2 Å². The molecule has 3 nitrogen and oxygen atoms in total. The van der Waals surface area contributed by atoms with Crippen molar-refractivity contribution in [2.75, 3.05) is 18.5 Å². The molecular formula is C15H17FN2O. The quantitative estimate of drug-likeness (QED) is 0.839. The summed E-state index contributed by atoms with van der Waals surface area (Å²) in [6, 6.07) is 14.3. The van der Waals surface area contributed by atoms with E-state index in [-0.39, 0.29) is 5.82 Å². The molecule has 0 atom stereocenters. The van der Waals surface area contributed by atoms with Crippen molar-refractivity contribution in [3.63, 3.8) is 0 Å². The minimum absolute atomic E-state index is 0.252. The van der Waals surface area contributed by atoms with Crippen LogP contribution in [0.5, 0.6) is 5.75 Å². The molecule has 0 spiro atoms. The Bertz CT molecular complexity index is 531. The van der Waals surface area contributed by atoms with E-state index in [4.69, 9.17) is 10.5 Å². The zero-order chi connectivity index (χ0) is 13.5. The van der Waals surface area contributed by atoms with Crippen LogP contribution in [0.4, 0.5) is 10.1 Å². The molecule has 2 aromatic rings. The van der Waals surface area contributed by atoms with E-state index in [1.807, 2.05) is 24.3 Å².